The minimum absolute atomic E-state index is 0.0297. The largest absolute Gasteiger partial charge is 0.492 e. The molecular weight excluding hydrogens is 306 g/mol. The van der Waals surface area contributed by atoms with E-state index in [1.807, 2.05) is 24.3 Å². The van der Waals surface area contributed by atoms with Crippen molar-refractivity contribution in [3.8, 4) is 5.75 Å². The van der Waals surface area contributed by atoms with E-state index in [1.165, 1.54) is 0 Å². The summed E-state index contributed by atoms with van der Waals surface area (Å²) in [5, 5.41) is 6.21. The molecule has 1 aromatic rings. The number of nitrogens with zero attached hydrogens (tertiary/aromatic N) is 1. The van der Waals surface area contributed by atoms with E-state index in [9.17, 15) is 4.79 Å². The molecule has 0 spiro atoms. The van der Waals surface area contributed by atoms with Crippen LogP contribution in [0.2, 0.25) is 0 Å². The van der Waals surface area contributed by atoms with Crippen LogP contribution in [0.5, 0.6) is 5.75 Å². The Morgan fingerprint density at radius 3 is 3.04 bits per heavy atom. The number of benzene rings is 1. The predicted molar refractivity (Wildman–Crippen MR) is 92.1 cm³/mol. The summed E-state index contributed by atoms with van der Waals surface area (Å²) in [6.45, 7) is 6.63. The number of carbonyl (C=O) groups excluding carboxylic acids is 1. The molecule has 0 aliphatic carbocycles. The first-order valence-corrected chi connectivity index (χ1v) is 8.84. The van der Waals surface area contributed by atoms with Crippen LogP contribution in [0.25, 0.3) is 0 Å². The molecule has 0 radical (unpaired) electrons. The fourth-order valence-electron chi connectivity index (χ4n) is 3.08. The third kappa shape index (κ3) is 5.19. The minimum atomic E-state index is -0.0297. The maximum Gasteiger partial charge on any atom is 0.237 e. The molecule has 2 aliphatic rings. The normalized spacial score (nSPS) is 21.6. The molecule has 1 amide bonds. The zero-order valence-corrected chi connectivity index (χ0v) is 14.1. The smallest absolute Gasteiger partial charge is 0.237 e. The number of morpholine rings is 1. The second kappa shape index (κ2) is 9.01. The van der Waals surface area contributed by atoms with Gasteiger partial charge in [-0.15, -0.1) is 0 Å². The Hall–Kier alpha value is -1.63. The zero-order chi connectivity index (χ0) is 16.6. The van der Waals surface area contributed by atoms with Crippen LogP contribution in [-0.4, -0.2) is 62.8 Å². The molecule has 2 saturated heterocycles. The third-order valence-electron chi connectivity index (χ3n) is 4.52. The number of ether oxygens (including phenoxy) is 2. The number of nitrogens with one attached hydrogen (secondary N) is 2. The van der Waals surface area contributed by atoms with Crippen molar-refractivity contribution in [3.63, 3.8) is 0 Å². The van der Waals surface area contributed by atoms with Crippen LogP contribution in [0.3, 0.4) is 0 Å². The van der Waals surface area contributed by atoms with E-state index in [-0.39, 0.29) is 11.9 Å². The first kappa shape index (κ1) is 17.2. The summed E-state index contributed by atoms with van der Waals surface area (Å²) in [5.74, 6) is 0.945. The SMILES string of the molecule is O=C(NCc1cccc(OCCN2CCOCC2)c1)C1CCCN1. The molecule has 0 aromatic heterocycles. The van der Waals surface area contributed by atoms with Gasteiger partial charge in [0, 0.05) is 26.2 Å². The Labute approximate surface area is 143 Å². The van der Waals surface area contributed by atoms with Crippen molar-refractivity contribution in [2.75, 3.05) is 46.0 Å². The van der Waals surface area contributed by atoms with Crippen LogP contribution < -0.4 is 15.4 Å². The number of rotatable bonds is 7. The van der Waals surface area contributed by atoms with Crippen molar-refractivity contribution in [1.82, 2.24) is 15.5 Å². The van der Waals surface area contributed by atoms with Crippen LogP contribution in [0, 0.1) is 0 Å². The summed E-state index contributed by atoms with van der Waals surface area (Å²) in [7, 11) is 0. The average molecular weight is 333 g/mol. The van der Waals surface area contributed by atoms with Crippen molar-refractivity contribution in [2.45, 2.75) is 25.4 Å². The lowest BCUT2D eigenvalue weighted by molar-refractivity contribution is -0.122. The van der Waals surface area contributed by atoms with E-state index in [0.29, 0.717) is 13.2 Å². The summed E-state index contributed by atoms with van der Waals surface area (Å²) >= 11 is 0. The highest BCUT2D eigenvalue weighted by molar-refractivity contribution is 5.81. The molecule has 1 unspecified atom stereocenters. The average Bonchev–Trinajstić information content (AvgIpc) is 3.16. The van der Waals surface area contributed by atoms with Gasteiger partial charge in [0.05, 0.1) is 19.3 Å². The van der Waals surface area contributed by atoms with Crippen molar-refractivity contribution >= 4 is 5.91 Å². The summed E-state index contributed by atoms with van der Waals surface area (Å²) < 4.78 is 11.2. The molecule has 6 nitrogen and oxygen atoms in total. The van der Waals surface area contributed by atoms with Gasteiger partial charge >= 0.3 is 0 Å². The van der Waals surface area contributed by atoms with Gasteiger partial charge in [-0.3, -0.25) is 9.69 Å². The lowest BCUT2D eigenvalue weighted by Gasteiger charge is -2.26. The van der Waals surface area contributed by atoms with Crippen molar-refractivity contribution < 1.29 is 14.3 Å². The van der Waals surface area contributed by atoms with Crippen LogP contribution in [0.1, 0.15) is 18.4 Å². The highest BCUT2D eigenvalue weighted by Crippen LogP contribution is 2.14. The minimum Gasteiger partial charge on any atom is -0.492 e. The number of amides is 1. The highest BCUT2D eigenvalue weighted by atomic mass is 16.5. The number of hydrogen-bond donors (Lipinski definition) is 2. The second-order valence-corrected chi connectivity index (χ2v) is 6.32. The standard InChI is InChI=1S/C18H27N3O3/c22-18(17-5-2-6-19-17)20-14-15-3-1-4-16(13-15)24-12-9-21-7-10-23-11-8-21/h1,3-4,13,17,19H,2,5-12,14H2,(H,20,22). The van der Waals surface area contributed by atoms with Gasteiger partial charge in [-0.2, -0.15) is 0 Å². The van der Waals surface area contributed by atoms with Gasteiger partial charge in [0.1, 0.15) is 12.4 Å². The Balaban J connectivity index is 1.40. The first-order valence-electron chi connectivity index (χ1n) is 8.84. The maximum absolute atomic E-state index is 12.0. The van der Waals surface area contributed by atoms with Crippen LogP contribution >= 0.6 is 0 Å². The van der Waals surface area contributed by atoms with Gasteiger partial charge in [0.15, 0.2) is 0 Å². The Morgan fingerprint density at radius 1 is 1.38 bits per heavy atom. The number of carbonyl (C=O) groups is 1. The Morgan fingerprint density at radius 2 is 2.25 bits per heavy atom. The summed E-state index contributed by atoms with van der Waals surface area (Å²) in [6.07, 6.45) is 2.00. The van der Waals surface area contributed by atoms with Gasteiger partial charge in [-0.25, -0.2) is 0 Å². The lowest BCUT2D eigenvalue weighted by Crippen LogP contribution is -2.40. The van der Waals surface area contributed by atoms with Gasteiger partial charge in [-0.05, 0) is 37.1 Å². The zero-order valence-electron chi connectivity index (χ0n) is 14.1. The van der Waals surface area contributed by atoms with E-state index in [4.69, 9.17) is 9.47 Å². The molecular formula is C18H27N3O3. The lowest BCUT2D eigenvalue weighted by atomic mass is 10.2. The van der Waals surface area contributed by atoms with Crippen molar-refractivity contribution in [2.24, 2.45) is 0 Å². The summed E-state index contributed by atoms with van der Waals surface area (Å²) in [6, 6.07) is 7.92. The first-order chi connectivity index (χ1) is 11.8. The van der Waals surface area contributed by atoms with E-state index >= 15 is 0 Å². The summed E-state index contributed by atoms with van der Waals surface area (Å²) in [4.78, 5) is 14.4. The van der Waals surface area contributed by atoms with E-state index in [1.54, 1.807) is 0 Å². The molecule has 2 fully saturated rings. The molecule has 2 aliphatic heterocycles. The molecule has 3 rings (SSSR count). The molecule has 24 heavy (non-hydrogen) atoms. The van der Waals surface area contributed by atoms with Gasteiger partial charge in [-0.1, -0.05) is 12.1 Å². The Bertz CT molecular complexity index is 526. The molecule has 6 heteroatoms. The van der Waals surface area contributed by atoms with Crippen LogP contribution in [0.15, 0.2) is 24.3 Å². The van der Waals surface area contributed by atoms with Crippen molar-refractivity contribution in [3.05, 3.63) is 29.8 Å². The van der Waals surface area contributed by atoms with Gasteiger partial charge < -0.3 is 20.1 Å². The topological polar surface area (TPSA) is 62.8 Å². The van der Waals surface area contributed by atoms with Gasteiger partial charge in [0.2, 0.25) is 5.91 Å². The van der Waals surface area contributed by atoms with E-state index < -0.39 is 0 Å². The third-order valence-corrected chi connectivity index (χ3v) is 4.52. The fourth-order valence-corrected chi connectivity index (χ4v) is 3.08. The highest BCUT2D eigenvalue weighted by Gasteiger charge is 2.21. The quantitative estimate of drug-likeness (QED) is 0.772. The van der Waals surface area contributed by atoms with E-state index in [2.05, 4.69) is 15.5 Å². The summed E-state index contributed by atoms with van der Waals surface area (Å²) in [5.41, 5.74) is 1.06. The maximum atomic E-state index is 12.0. The molecule has 2 N–H and O–H groups in total. The predicted octanol–water partition coefficient (Wildman–Crippen LogP) is 0.766. The fraction of sp³-hybridized carbons (Fsp3) is 0.611. The molecule has 0 bridgehead atoms. The number of hydrogen-bond acceptors (Lipinski definition) is 5. The molecule has 2 heterocycles. The van der Waals surface area contributed by atoms with Crippen molar-refractivity contribution in [1.29, 1.82) is 0 Å². The van der Waals surface area contributed by atoms with Crippen LogP contribution in [0.4, 0.5) is 0 Å². The molecule has 1 aromatic carbocycles. The molecule has 0 saturated carbocycles. The van der Waals surface area contributed by atoms with Gasteiger partial charge in [0.25, 0.3) is 0 Å². The second-order valence-electron chi connectivity index (χ2n) is 6.32. The molecule has 132 valence electrons. The van der Waals surface area contributed by atoms with E-state index in [0.717, 1.165) is 63.5 Å². The monoisotopic (exact) mass is 333 g/mol. The Kier molecular flexibility index (Phi) is 6.46. The van der Waals surface area contributed by atoms with Crippen LogP contribution in [-0.2, 0) is 16.1 Å². The molecule has 1 atom stereocenters.